The van der Waals surface area contributed by atoms with E-state index in [1.807, 2.05) is 0 Å². The standard InChI is InChI=1S/C8H6BrN3O3/c9-5-3-6(12(14)15)8(11-4-5)7(13)1-2-10/h3-4,7,13H,1H2. The Morgan fingerprint density at radius 3 is 3.00 bits per heavy atom. The first-order valence-corrected chi connectivity index (χ1v) is 4.70. The van der Waals surface area contributed by atoms with Crippen LogP contribution in [0.2, 0.25) is 0 Å². The second-order valence-electron chi connectivity index (χ2n) is 2.69. The average Bonchev–Trinajstić information content (AvgIpc) is 2.17. The van der Waals surface area contributed by atoms with Crippen LogP contribution in [0.4, 0.5) is 5.69 Å². The fourth-order valence-corrected chi connectivity index (χ4v) is 1.34. The van der Waals surface area contributed by atoms with Gasteiger partial charge in [-0.3, -0.25) is 15.1 Å². The van der Waals surface area contributed by atoms with Crippen molar-refractivity contribution in [1.29, 1.82) is 5.26 Å². The first-order valence-electron chi connectivity index (χ1n) is 3.91. The number of nitrogens with zero attached hydrogens (tertiary/aromatic N) is 3. The molecule has 0 radical (unpaired) electrons. The van der Waals surface area contributed by atoms with Crippen molar-refractivity contribution in [2.45, 2.75) is 12.5 Å². The highest BCUT2D eigenvalue weighted by Gasteiger charge is 2.22. The average molecular weight is 272 g/mol. The molecule has 0 bridgehead atoms. The van der Waals surface area contributed by atoms with E-state index in [0.717, 1.165) is 0 Å². The van der Waals surface area contributed by atoms with Gasteiger partial charge >= 0.3 is 0 Å². The quantitative estimate of drug-likeness (QED) is 0.666. The third-order valence-corrected chi connectivity index (χ3v) is 2.09. The first-order chi connectivity index (χ1) is 7.06. The molecule has 0 saturated heterocycles. The Bertz CT molecular complexity index is 430. The van der Waals surface area contributed by atoms with Gasteiger partial charge in [0.2, 0.25) is 0 Å². The van der Waals surface area contributed by atoms with Crippen LogP contribution < -0.4 is 0 Å². The van der Waals surface area contributed by atoms with Gasteiger partial charge < -0.3 is 5.11 Å². The molecule has 1 aromatic heterocycles. The number of aromatic nitrogens is 1. The number of nitriles is 1. The lowest BCUT2D eigenvalue weighted by atomic mass is 10.1. The summed E-state index contributed by atoms with van der Waals surface area (Å²) in [5.41, 5.74) is -0.392. The molecule has 6 nitrogen and oxygen atoms in total. The zero-order valence-electron chi connectivity index (χ0n) is 7.42. The number of hydrogen-bond donors (Lipinski definition) is 1. The summed E-state index contributed by atoms with van der Waals surface area (Å²) in [4.78, 5) is 13.7. The zero-order valence-corrected chi connectivity index (χ0v) is 9.01. The molecule has 1 unspecified atom stereocenters. The molecular formula is C8H6BrN3O3. The number of halogens is 1. The molecule has 0 aliphatic heterocycles. The first kappa shape index (κ1) is 11.6. The van der Waals surface area contributed by atoms with Crippen molar-refractivity contribution in [2.75, 3.05) is 0 Å². The molecule has 0 aromatic carbocycles. The summed E-state index contributed by atoms with van der Waals surface area (Å²) in [6, 6.07) is 2.96. The smallest absolute Gasteiger partial charge is 0.294 e. The Kier molecular flexibility index (Phi) is 3.71. The summed E-state index contributed by atoms with van der Waals surface area (Å²) in [5.74, 6) is 0. The van der Waals surface area contributed by atoms with Crippen molar-refractivity contribution < 1.29 is 10.0 Å². The van der Waals surface area contributed by atoms with Gasteiger partial charge in [0.25, 0.3) is 5.69 Å². The summed E-state index contributed by atoms with van der Waals surface area (Å²) in [7, 11) is 0. The Labute approximate surface area is 93.5 Å². The molecule has 1 atom stereocenters. The Morgan fingerprint density at radius 2 is 2.47 bits per heavy atom. The van der Waals surface area contributed by atoms with Gasteiger partial charge in [0.15, 0.2) is 0 Å². The van der Waals surface area contributed by atoms with Gasteiger partial charge in [-0.1, -0.05) is 0 Å². The monoisotopic (exact) mass is 271 g/mol. The molecule has 0 aliphatic rings. The van der Waals surface area contributed by atoms with Crippen molar-refractivity contribution >= 4 is 21.6 Å². The van der Waals surface area contributed by atoms with Crippen LogP contribution in [-0.4, -0.2) is 15.0 Å². The molecule has 7 heteroatoms. The number of pyridine rings is 1. The van der Waals surface area contributed by atoms with Crippen LogP contribution in [0, 0.1) is 21.4 Å². The van der Waals surface area contributed by atoms with Crippen molar-refractivity contribution in [3.63, 3.8) is 0 Å². The number of aliphatic hydroxyl groups excluding tert-OH is 1. The predicted molar refractivity (Wildman–Crippen MR) is 53.8 cm³/mol. The summed E-state index contributed by atoms with van der Waals surface area (Å²) < 4.78 is 0.446. The maximum Gasteiger partial charge on any atom is 0.294 e. The fraction of sp³-hybridized carbons (Fsp3) is 0.250. The van der Waals surface area contributed by atoms with E-state index in [4.69, 9.17) is 5.26 Å². The van der Waals surface area contributed by atoms with Crippen LogP contribution in [0.25, 0.3) is 0 Å². The van der Waals surface area contributed by atoms with Crippen LogP contribution in [0.1, 0.15) is 18.2 Å². The lowest BCUT2D eigenvalue weighted by Crippen LogP contribution is -2.04. The molecule has 1 heterocycles. The van der Waals surface area contributed by atoms with E-state index in [0.29, 0.717) is 4.47 Å². The van der Waals surface area contributed by atoms with Gasteiger partial charge in [0.05, 0.1) is 17.4 Å². The van der Waals surface area contributed by atoms with Crippen molar-refractivity contribution in [2.24, 2.45) is 0 Å². The third kappa shape index (κ3) is 2.71. The Hall–Kier alpha value is -1.52. The van der Waals surface area contributed by atoms with Gasteiger partial charge in [0.1, 0.15) is 11.8 Å². The van der Waals surface area contributed by atoms with E-state index in [-0.39, 0.29) is 17.8 Å². The Balaban J connectivity index is 3.17. The predicted octanol–water partition coefficient (Wildman–Crippen LogP) is 1.70. The van der Waals surface area contributed by atoms with Crippen LogP contribution in [0.15, 0.2) is 16.7 Å². The van der Waals surface area contributed by atoms with Gasteiger partial charge in [-0.2, -0.15) is 5.26 Å². The van der Waals surface area contributed by atoms with E-state index in [1.54, 1.807) is 6.07 Å². The van der Waals surface area contributed by atoms with Gasteiger partial charge in [0, 0.05) is 16.7 Å². The summed E-state index contributed by atoms with van der Waals surface area (Å²) in [6.07, 6.45) is -0.123. The van der Waals surface area contributed by atoms with Gasteiger partial charge in [-0.25, -0.2) is 0 Å². The molecule has 1 N–H and O–H groups in total. The fourth-order valence-electron chi connectivity index (χ4n) is 1.03. The normalized spacial score (nSPS) is 11.8. The maximum atomic E-state index is 10.6. The lowest BCUT2D eigenvalue weighted by molar-refractivity contribution is -0.386. The lowest BCUT2D eigenvalue weighted by Gasteiger charge is -2.06. The van der Waals surface area contributed by atoms with Crippen LogP contribution in [0.3, 0.4) is 0 Å². The number of nitro groups is 1. The van der Waals surface area contributed by atoms with Crippen LogP contribution >= 0.6 is 15.9 Å². The minimum Gasteiger partial charge on any atom is -0.385 e. The summed E-state index contributed by atoms with van der Waals surface area (Å²) in [5, 5.41) is 28.4. The highest BCUT2D eigenvalue weighted by Crippen LogP contribution is 2.27. The van der Waals surface area contributed by atoms with Gasteiger partial charge in [-0.05, 0) is 15.9 Å². The Morgan fingerprint density at radius 1 is 1.80 bits per heavy atom. The van der Waals surface area contributed by atoms with Crippen LogP contribution in [-0.2, 0) is 0 Å². The SMILES string of the molecule is N#CCC(O)c1ncc(Br)cc1[N+](=O)[O-]. The van der Waals surface area contributed by atoms with E-state index >= 15 is 0 Å². The second-order valence-corrected chi connectivity index (χ2v) is 3.61. The maximum absolute atomic E-state index is 10.6. The van der Waals surface area contributed by atoms with Gasteiger partial charge in [-0.15, -0.1) is 0 Å². The largest absolute Gasteiger partial charge is 0.385 e. The van der Waals surface area contributed by atoms with E-state index in [1.165, 1.54) is 12.3 Å². The van der Waals surface area contributed by atoms with Crippen LogP contribution in [0.5, 0.6) is 0 Å². The minimum absolute atomic E-state index is 0.0928. The summed E-state index contributed by atoms with van der Waals surface area (Å²) >= 11 is 3.04. The molecule has 1 rings (SSSR count). The van der Waals surface area contributed by atoms with Crippen molar-refractivity contribution in [3.8, 4) is 6.07 Å². The number of hydrogen-bond acceptors (Lipinski definition) is 5. The molecule has 0 amide bonds. The van der Waals surface area contributed by atoms with E-state index in [2.05, 4.69) is 20.9 Å². The molecule has 78 valence electrons. The van der Waals surface area contributed by atoms with Crippen molar-refractivity contribution in [3.05, 3.63) is 32.5 Å². The minimum atomic E-state index is -1.23. The molecular weight excluding hydrogens is 266 g/mol. The molecule has 0 saturated carbocycles. The van der Waals surface area contributed by atoms with E-state index < -0.39 is 11.0 Å². The molecule has 15 heavy (non-hydrogen) atoms. The molecule has 0 fully saturated rings. The topological polar surface area (TPSA) is 100 Å². The number of aliphatic hydroxyl groups is 1. The summed E-state index contributed by atoms with van der Waals surface area (Å²) in [6.45, 7) is 0. The van der Waals surface area contributed by atoms with Crippen molar-refractivity contribution in [1.82, 2.24) is 4.98 Å². The second kappa shape index (κ2) is 4.82. The highest BCUT2D eigenvalue weighted by molar-refractivity contribution is 9.10. The third-order valence-electron chi connectivity index (χ3n) is 1.66. The highest BCUT2D eigenvalue weighted by atomic mass is 79.9. The zero-order chi connectivity index (χ0) is 11.4. The molecule has 0 spiro atoms. The molecule has 1 aromatic rings. The number of rotatable bonds is 3. The van der Waals surface area contributed by atoms with E-state index in [9.17, 15) is 15.2 Å². The molecule has 0 aliphatic carbocycles.